The van der Waals surface area contributed by atoms with Crippen molar-refractivity contribution in [3.8, 4) is 0 Å². The van der Waals surface area contributed by atoms with Crippen LogP contribution in [0.2, 0.25) is 39.3 Å². The van der Waals surface area contributed by atoms with Crippen LogP contribution in [0.4, 0.5) is 0 Å². The minimum atomic E-state index is -1.55. The number of nitrogens with zero attached hydrogens (tertiary/aromatic N) is 2. The monoisotopic (exact) mass is 426 g/mol. The second kappa shape index (κ2) is 8.43. The molecule has 0 unspecified atom stereocenters. The maximum atomic E-state index is 5.22. The van der Waals surface area contributed by atoms with Crippen LogP contribution >= 0.6 is 0 Å². The third-order valence-corrected chi connectivity index (χ3v) is 8.63. The summed E-state index contributed by atoms with van der Waals surface area (Å²) in [4.78, 5) is 0. The van der Waals surface area contributed by atoms with Gasteiger partial charge in [0.1, 0.15) is 0 Å². The molecular weight excluding hydrogens is 397 g/mol. The Hall–Kier alpha value is -1.24. The summed E-state index contributed by atoms with van der Waals surface area (Å²) in [7, 11) is -3.11. The van der Waals surface area contributed by atoms with Gasteiger partial charge in [0.25, 0.3) is 0 Å². The molecule has 0 aliphatic heterocycles. The molecule has 0 amide bonds. The third-order valence-electron chi connectivity index (χ3n) is 3.23. The Morgan fingerprint density at radius 3 is 1.20 bits per heavy atom. The van der Waals surface area contributed by atoms with Gasteiger partial charge in [-0.3, -0.25) is 0 Å². The van der Waals surface area contributed by atoms with E-state index in [9.17, 15) is 0 Å². The first-order valence-electron chi connectivity index (χ1n) is 8.72. The molecular formula is C20H28GeN2Si2. The van der Waals surface area contributed by atoms with E-state index in [1.54, 1.807) is 0 Å². The first-order chi connectivity index (χ1) is 11.6. The van der Waals surface area contributed by atoms with Crippen molar-refractivity contribution in [3.63, 3.8) is 0 Å². The van der Waals surface area contributed by atoms with Crippen molar-refractivity contribution in [2.24, 2.45) is 9.32 Å². The topological polar surface area (TPSA) is 24.7 Å². The summed E-state index contributed by atoms with van der Waals surface area (Å²) in [5.41, 5.74) is 2.54. The number of hydrogen-bond acceptors (Lipinski definition) is 2. The van der Waals surface area contributed by atoms with Crippen molar-refractivity contribution in [1.29, 1.82) is 0 Å². The standard InChI is InChI=1S/C20H28GeN2Si2/c1-24(2,3)22-19(17-13-9-7-10-14-17)21-20(23-25(4,5)6)18-15-11-8-12-16-18/h7-16H,1-6H3/b22-19+,23-20+. The second-order valence-electron chi connectivity index (χ2n) is 8.12. The molecule has 0 spiro atoms. The van der Waals surface area contributed by atoms with E-state index in [-0.39, 0.29) is 0 Å². The average molecular weight is 425 g/mol. The fourth-order valence-electron chi connectivity index (χ4n) is 2.30. The maximum absolute atomic E-state index is 5.22. The normalized spacial score (nSPS) is 13.8. The van der Waals surface area contributed by atoms with E-state index in [0.717, 1.165) is 0 Å². The van der Waals surface area contributed by atoms with Crippen LogP contribution in [0.15, 0.2) is 70.0 Å². The van der Waals surface area contributed by atoms with Gasteiger partial charge in [-0.15, -0.1) is 0 Å². The molecule has 25 heavy (non-hydrogen) atoms. The van der Waals surface area contributed by atoms with Gasteiger partial charge in [0.05, 0.1) is 0 Å². The van der Waals surface area contributed by atoms with Gasteiger partial charge in [-0.25, -0.2) is 0 Å². The van der Waals surface area contributed by atoms with Gasteiger partial charge in [0, 0.05) is 0 Å². The van der Waals surface area contributed by atoms with Gasteiger partial charge in [0.2, 0.25) is 0 Å². The van der Waals surface area contributed by atoms with Gasteiger partial charge in [0.15, 0.2) is 0 Å². The van der Waals surface area contributed by atoms with E-state index in [1.807, 2.05) is 0 Å². The molecule has 0 N–H and O–H groups in total. The predicted molar refractivity (Wildman–Crippen MR) is 118 cm³/mol. The summed E-state index contributed by atoms with van der Waals surface area (Å²) < 4.78 is 13.0. The molecule has 5 heteroatoms. The molecule has 0 aromatic heterocycles. The first kappa shape index (κ1) is 20.1. The summed E-state index contributed by atoms with van der Waals surface area (Å²) in [6.45, 7) is 13.8. The molecule has 0 fully saturated rings. The molecule has 0 aliphatic carbocycles. The molecule has 130 valence electrons. The number of hydrogen-bond donors (Lipinski definition) is 0. The molecule has 2 aromatic rings. The Labute approximate surface area is 161 Å². The molecule has 2 radical (unpaired) electrons. The van der Waals surface area contributed by atoms with Crippen molar-refractivity contribution in [3.05, 3.63) is 71.8 Å². The zero-order valence-electron chi connectivity index (χ0n) is 16.2. The molecule has 0 atom stereocenters. The van der Waals surface area contributed by atoms with Crippen LogP contribution in [0.25, 0.3) is 0 Å². The number of benzene rings is 2. The van der Waals surface area contributed by atoms with Crippen LogP contribution in [0.3, 0.4) is 0 Å². The van der Waals surface area contributed by atoms with E-state index < -0.39 is 31.9 Å². The Bertz CT molecular complexity index is 677. The molecule has 0 aliphatic rings. The van der Waals surface area contributed by atoms with E-state index >= 15 is 0 Å². The van der Waals surface area contributed by atoms with E-state index in [1.165, 1.54) is 20.2 Å². The van der Waals surface area contributed by atoms with E-state index in [0.29, 0.717) is 0 Å². The zero-order valence-corrected chi connectivity index (χ0v) is 20.3. The summed E-state index contributed by atoms with van der Waals surface area (Å²) >= 11 is -0.593. The van der Waals surface area contributed by atoms with Gasteiger partial charge in [-0.05, 0) is 0 Å². The third kappa shape index (κ3) is 7.26. The molecule has 2 rings (SSSR count). The van der Waals surface area contributed by atoms with Gasteiger partial charge < -0.3 is 0 Å². The summed E-state index contributed by atoms with van der Waals surface area (Å²) in [6.07, 6.45) is 0. The van der Waals surface area contributed by atoms with Crippen LogP contribution in [-0.4, -0.2) is 41.0 Å². The van der Waals surface area contributed by atoms with Crippen LogP contribution in [0.1, 0.15) is 11.1 Å². The minimum absolute atomic E-state index is 0.593. The molecule has 2 aromatic carbocycles. The Balaban J connectivity index is 2.50. The zero-order chi connectivity index (χ0) is 18.5. The molecule has 2 nitrogen and oxygen atoms in total. The van der Waals surface area contributed by atoms with E-state index in [4.69, 9.17) is 9.32 Å². The van der Waals surface area contributed by atoms with Gasteiger partial charge in [-0.1, -0.05) is 0 Å². The van der Waals surface area contributed by atoms with Crippen molar-refractivity contribution >= 4 is 41.0 Å². The number of rotatable bonds is 6. The summed E-state index contributed by atoms with van der Waals surface area (Å²) in [6, 6.07) is 21.4. The summed E-state index contributed by atoms with van der Waals surface area (Å²) in [5.74, 6) is 0. The van der Waals surface area contributed by atoms with Crippen molar-refractivity contribution in [2.75, 3.05) is 0 Å². The predicted octanol–water partition coefficient (Wildman–Crippen LogP) is 5.25. The van der Waals surface area contributed by atoms with Crippen LogP contribution in [0.5, 0.6) is 0 Å². The molecule has 0 saturated heterocycles. The SMILES string of the molecule is C[Si](C)(C)/N=[C](/[Ge]/[C](=N/[Si](C)(C)C)c1ccccc1)c1ccccc1. The van der Waals surface area contributed by atoms with Crippen LogP contribution < -0.4 is 0 Å². The Kier molecular flexibility index (Phi) is 6.76. The van der Waals surface area contributed by atoms with Crippen molar-refractivity contribution in [2.45, 2.75) is 39.3 Å². The molecule has 0 heterocycles. The Morgan fingerprint density at radius 1 is 0.600 bits per heavy atom. The summed E-state index contributed by atoms with van der Waals surface area (Å²) in [5, 5.41) is 0. The van der Waals surface area contributed by atoms with Crippen molar-refractivity contribution in [1.82, 2.24) is 0 Å². The first-order valence-corrected chi connectivity index (χ1v) is 17.7. The molecule has 0 saturated carbocycles. The van der Waals surface area contributed by atoms with Crippen LogP contribution in [-0.2, 0) is 0 Å². The Morgan fingerprint density at radius 2 is 0.920 bits per heavy atom. The van der Waals surface area contributed by atoms with Crippen molar-refractivity contribution < 1.29 is 0 Å². The average Bonchev–Trinajstić information content (AvgIpc) is 2.53. The fraction of sp³-hybridized carbons (Fsp3) is 0.300. The van der Waals surface area contributed by atoms with E-state index in [2.05, 4.69) is 99.9 Å². The molecule has 0 bridgehead atoms. The second-order valence-corrected chi connectivity index (χ2v) is 19.8. The fourth-order valence-corrected chi connectivity index (χ4v) is 10.7. The van der Waals surface area contributed by atoms with Gasteiger partial charge in [-0.2, -0.15) is 0 Å². The van der Waals surface area contributed by atoms with Gasteiger partial charge >= 0.3 is 161 Å². The van der Waals surface area contributed by atoms with Crippen LogP contribution in [0, 0.1) is 0 Å². The quantitative estimate of drug-likeness (QED) is 0.446.